The summed E-state index contributed by atoms with van der Waals surface area (Å²) >= 11 is 1.42. The van der Waals surface area contributed by atoms with Gasteiger partial charge in [-0.3, -0.25) is 4.79 Å². The number of Topliss-reactive ketones (excluding diaryl/α,β-unsaturated/α-hetero) is 1. The second-order valence-electron chi connectivity index (χ2n) is 6.52. The molecule has 0 saturated heterocycles. The van der Waals surface area contributed by atoms with E-state index in [1.54, 1.807) is 7.11 Å². The van der Waals surface area contributed by atoms with E-state index in [1.807, 2.05) is 74.9 Å². The van der Waals surface area contributed by atoms with E-state index in [1.165, 1.54) is 17.3 Å². The number of aromatic nitrogens is 3. The minimum atomic E-state index is -0.256. The maximum absolute atomic E-state index is 12.8. The molecule has 2 aromatic carbocycles. The van der Waals surface area contributed by atoms with Crippen LogP contribution in [0, 0.1) is 13.8 Å². The quantitative estimate of drug-likeness (QED) is 0.466. The molecule has 1 atom stereocenters. The van der Waals surface area contributed by atoms with E-state index >= 15 is 0 Å². The molecule has 0 saturated carbocycles. The molecule has 0 amide bonds. The second kappa shape index (κ2) is 7.96. The topological polar surface area (TPSA) is 57.0 Å². The first-order valence-electron chi connectivity index (χ1n) is 8.72. The average Bonchev–Trinajstić information content (AvgIpc) is 3.03. The number of rotatable bonds is 6. The summed E-state index contributed by atoms with van der Waals surface area (Å²) in [5.74, 6) is 1.60. The molecule has 0 radical (unpaired) electrons. The number of hydrogen-bond acceptors (Lipinski definition) is 5. The van der Waals surface area contributed by atoms with Gasteiger partial charge in [0.05, 0.1) is 12.4 Å². The van der Waals surface area contributed by atoms with Gasteiger partial charge in [-0.1, -0.05) is 36.0 Å². The van der Waals surface area contributed by atoms with Gasteiger partial charge in [0.25, 0.3) is 0 Å². The molecule has 3 aromatic rings. The lowest BCUT2D eigenvalue weighted by atomic mass is 10.0. The van der Waals surface area contributed by atoms with Crippen molar-refractivity contribution in [2.75, 3.05) is 7.11 Å². The van der Waals surface area contributed by atoms with Crippen molar-refractivity contribution >= 4 is 17.5 Å². The predicted molar refractivity (Wildman–Crippen MR) is 109 cm³/mol. The van der Waals surface area contributed by atoms with E-state index in [0.717, 1.165) is 28.3 Å². The third-order valence-electron chi connectivity index (χ3n) is 4.61. The van der Waals surface area contributed by atoms with E-state index in [0.29, 0.717) is 5.16 Å². The molecule has 1 aromatic heterocycles. The van der Waals surface area contributed by atoms with Gasteiger partial charge in [-0.05, 0) is 50.1 Å². The van der Waals surface area contributed by atoms with Crippen LogP contribution in [0.3, 0.4) is 0 Å². The van der Waals surface area contributed by atoms with Gasteiger partial charge in [0.1, 0.15) is 5.75 Å². The SMILES string of the molecule is COc1cccc(-c2nnc(SC(C)C(=O)c3ccc(C)c(C)c3)n2C)c1. The summed E-state index contributed by atoms with van der Waals surface area (Å²) in [6.07, 6.45) is 0. The van der Waals surface area contributed by atoms with E-state index in [-0.39, 0.29) is 11.0 Å². The van der Waals surface area contributed by atoms with Gasteiger partial charge in [-0.25, -0.2) is 0 Å². The molecule has 0 fully saturated rings. The summed E-state index contributed by atoms with van der Waals surface area (Å²) in [6.45, 7) is 5.97. The molecule has 0 aliphatic carbocycles. The number of aryl methyl sites for hydroxylation is 2. The molecule has 140 valence electrons. The van der Waals surface area contributed by atoms with Crippen molar-refractivity contribution in [1.29, 1.82) is 0 Å². The monoisotopic (exact) mass is 381 g/mol. The van der Waals surface area contributed by atoms with Crippen molar-refractivity contribution in [3.05, 3.63) is 59.2 Å². The van der Waals surface area contributed by atoms with Crippen LogP contribution in [0.4, 0.5) is 0 Å². The average molecular weight is 382 g/mol. The van der Waals surface area contributed by atoms with E-state index in [2.05, 4.69) is 10.2 Å². The Hall–Kier alpha value is -2.60. The summed E-state index contributed by atoms with van der Waals surface area (Å²) in [5.41, 5.74) is 3.96. The molecule has 0 aliphatic heterocycles. The Morgan fingerprint density at radius 3 is 2.59 bits per heavy atom. The molecule has 0 bridgehead atoms. The van der Waals surface area contributed by atoms with Crippen molar-refractivity contribution in [2.24, 2.45) is 7.05 Å². The molecular formula is C21H23N3O2S. The number of nitrogens with zero attached hydrogens (tertiary/aromatic N) is 3. The third kappa shape index (κ3) is 4.06. The lowest BCUT2D eigenvalue weighted by Gasteiger charge is -2.11. The minimum Gasteiger partial charge on any atom is -0.497 e. The standard InChI is InChI=1S/C21H23N3O2S/c1-13-9-10-16(11-14(13)2)19(25)15(3)27-21-23-22-20(24(21)4)17-7-6-8-18(12-17)26-5/h6-12,15H,1-5H3. The van der Waals surface area contributed by atoms with Crippen LogP contribution < -0.4 is 4.74 Å². The first-order chi connectivity index (χ1) is 12.9. The lowest BCUT2D eigenvalue weighted by molar-refractivity contribution is 0.0993. The highest BCUT2D eigenvalue weighted by atomic mass is 32.2. The Morgan fingerprint density at radius 1 is 1.11 bits per heavy atom. The van der Waals surface area contributed by atoms with E-state index in [9.17, 15) is 4.79 Å². The van der Waals surface area contributed by atoms with Crippen LogP contribution in [-0.2, 0) is 7.05 Å². The minimum absolute atomic E-state index is 0.0917. The lowest BCUT2D eigenvalue weighted by Crippen LogP contribution is -2.14. The zero-order valence-electron chi connectivity index (χ0n) is 16.2. The number of carbonyl (C=O) groups is 1. The van der Waals surface area contributed by atoms with E-state index in [4.69, 9.17) is 4.74 Å². The Bertz CT molecular complexity index is 981. The molecule has 5 nitrogen and oxygen atoms in total. The maximum Gasteiger partial charge on any atom is 0.191 e. The molecule has 6 heteroatoms. The number of ether oxygens (including phenoxy) is 1. The summed E-state index contributed by atoms with van der Waals surface area (Å²) in [7, 11) is 3.54. The van der Waals surface area contributed by atoms with Gasteiger partial charge in [0.2, 0.25) is 0 Å². The molecule has 0 N–H and O–H groups in total. The number of benzene rings is 2. The largest absolute Gasteiger partial charge is 0.497 e. The van der Waals surface area contributed by atoms with Crippen molar-refractivity contribution in [3.8, 4) is 17.1 Å². The second-order valence-corrected chi connectivity index (χ2v) is 7.83. The van der Waals surface area contributed by atoms with Crippen LogP contribution in [0.2, 0.25) is 0 Å². The molecule has 1 unspecified atom stereocenters. The van der Waals surface area contributed by atoms with Gasteiger partial charge in [-0.15, -0.1) is 10.2 Å². The fourth-order valence-electron chi connectivity index (χ4n) is 2.77. The van der Waals surface area contributed by atoms with Gasteiger partial charge in [0, 0.05) is 18.2 Å². The summed E-state index contributed by atoms with van der Waals surface area (Å²) in [5, 5.41) is 9.03. The summed E-state index contributed by atoms with van der Waals surface area (Å²) in [6, 6.07) is 13.5. The van der Waals surface area contributed by atoms with Crippen LogP contribution in [0.15, 0.2) is 47.6 Å². The smallest absolute Gasteiger partial charge is 0.191 e. The predicted octanol–water partition coefficient (Wildman–Crippen LogP) is 4.47. The molecule has 0 aliphatic rings. The van der Waals surface area contributed by atoms with Crippen LogP contribution >= 0.6 is 11.8 Å². The van der Waals surface area contributed by atoms with E-state index < -0.39 is 0 Å². The maximum atomic E-state index is 12.8. The van der Waals surface area contributed by atoms with Gasteiger partial charge in [-0.2, -0.15) is 0 Å². The fourth-order valence-corrected chi connectivity index (χ4v) is 3.66. The number of carbonyl (C=O) groups excluding carboxylic acids is 1. The first kappa shape index (κ1) is 19.2. The zero-order valence-corrected chi connectivity index (χ0v) is 17.0. The highest BCUT2D eigenvalue weighted by Gasteiger charge is 2.21. The van der Waals surface area contributed by atoms with Crippen LogP contribution in [0.25, 0.3) is 11.4 Å². The molecule has 0 spiro atoms. The summed E-state index contributed by atoms with van der Waals surface area (Å²) in [4.78, 5) is 12.8. The van der Waals surface area contributed by atoms with Crippen molar-refractivity contribution in [2.45, 2.75) is 31.2 Å². The van der Waals surface area contributed by atoms with Crippen LogP contribution in [0.1, 0.15) is 28.4 Å². The van der Waals surface area contributed by atoms with Gasteiger partial charge >= 0.3 is 0 Å². The Kier molecular flexibility index (Phi) is 5.65. The molecule has 27 heavy (non-hydrogen) atoms. The zero-order chi connectivity index (χ0) is 19.6. The van der Waals surface area contributed by atoms with Crippen LogP contribution in [0.5, 0.6) is 5.75 Å². The fraction of sp³-hybridized carbons (Fsp3) is 0.286. The third-order valence-corrected chi connectivity index (χ3v) is 5.74. The Balaban J connectivity index is 1.80. The number of thioether (sulfide) groups is 1. The first-order valence-corrected chi connectivity index (χ1v) is 9.60. The van der Waals surface area contributed by atoms with Gasteiger partial charge in [0.15, 0.2) is 16.8 Å². The van der Waals surface area contributed by atoms with Crippen molar-refractivity contribution in [3.63, 3.8) is 0 Å². The summed E-state index contributed by atoms with van der Waals surface area (Å²) < 4.78 is 7.19. The highest BCUT2D eigenvalue weighted by Crippen LogP contribution is 2.29. The number of methoxy groups -OCH3 is 1. The molecule has 3 rings (SSSR count). The van der Waals surface area contributed by atoms with Gasteiger partial charge < -0.3 is 9.30 Å². The van der Waals surface area contributed by atoms with Crippen LogP contribution in [-0.4, -0.2) is 32.9 Å². The number of hydrogen-bond donors (Lipinski definition) is 0. The number of ketones is 1. The van der Waals surface area contributed by atoms with Crippen molar-refractivity contribution < 1.29 is 9.53 Å². The molecule has 1 heterocycles. The Labute approximate surface area is 163 Å². The normalized spacial score (nSPS) is 12.0. The molecular weight excluding hydrogens is 358 g/mol. The highest BCUT2D eigenvalue weighted by molar-refractivity contribution is 8.00. The Morgan fingerprint density at radius 2 is 1.89 bits per heavy atom. The van der Waals surface area contributed by atoms with Crippen molar-refractivity contribution in [1.82, 2.24) is 14.8 Å².